The van der Waals surface area contributed by atoms with Crippen LogP contribution in [0.5, 0.6) is 0 Å². The van der Waals surface area contributed by atoms with Gasteiger partial charge in [-0.15, -0.1) is 0 Å². The Labute approximate surface area is 117 Å². The zero-order valence-corrected chi connectivity index (χ0v) is 14.9. The predicted molar refractivity (Wildman–Crippen MR) is 85.5 cm³/mol. The van der Waals surface area contributed by atoms with Crippen molar-refractivity contribution in [2.24, 2.45) is 17.8 Å². The van der Waals surface area contributed by atoms with Crippen molar-refractivity contribution in [3.05, 3.63) is 0 Å². The molecule has 0 bridgehead atoms. The lowest BCUT2D eigenvalue weighted by Crippen LogP contribution is -2.42. The van der Waals surface area contributed by atoms with E-state index in [0.717, 1.165) is 24.4 Å². The molecule has 0 spiro atoms. The highest BCUT2D eigenvalue weighted by atomic mass is 28.4. The second kappa shape index (κ2) is 9.14. The third kappa shape index (κ3) is 8.31. The molecule has 0 aliphatic heterocycles. The molecule has 1 nitrogen and oxygen atoms in total. The summed E-state index contributed by atoms with van der Waals surface area (Å²) in [6, 6.07) is 4.02. The molecule has 2 heteroatoms. The largest absolute Gasteiger partial charge is 0.417 e. The van der Waals surface area contributed by atoms with Gasteiger partial charge in [0.05, 0.1) is 0 Å². The van der Waals surface area contributed by atoms with Gasteiger partial charge in [0.1, 0.15) is 0 Å². The van der Waals surface area contributed by atoms with Crippen LogP contribution < -0.4 is 0 Å². The minimum absolute atomic E-state index is 0.774. The Bertz CT molecular complexity index is 173. The number of hydrogen-bond acceptors (Lipinski definition) is 1. The summed E-state index contributed by atoms with van der Waals surface area (Å²) in [4.78, 5) is 0. The summed E-state index contributed by atoms with van der Waals surface area (Å²) in [5, 5.41) is 0. The maximum Gasteiger partial charge on any atom is 0.193 e. The molecule has 0 saturated carbocycles. The van der Waals surface area contributed by atoms with Gasteiger partial charge >= 0.3 is 0 Å². The highest BCUT2D eigenvalue weighted by Crippen LogP contribution is 2.33. The van der Waals surface area contributed by atoms with Gasteiger partial charge in [-0.05, 0) is 42.3 Å². The lowest BCUT2D eigenvalue weighted by molar-refractivity contribution is 0.277. The number of unbranched alkanes of at least 4 members (excludes halogenated alkanes) is 1. The molecular formula is C16H36OSi. The van der Waals surface area contributed by atoms with E-state index < -0.39 is 8.32 Å². The highest BCUT2D eigenvalue weighted by molar-refractivity contribution is 6.74. The van der Waals surface area contributed by atoms with Crippen molar-refractivity contribution in [2.75, 3.05) is 6.61 Å². The Kier molecular flexibility index (Phi) is 9.23. The van der Waals surface area contributed by atoms with Crippen LogP contribution >= 0.6 is 0 Å². The summed E-state index contributed by atoms with van der Waals surface area (Å²) in [6.07, 6.45) is 2.47. The second-order valence-corrected chi connectivity index (χ2v) is 11.1. The fraction of sp³-hybridized carbons (Fsp3) is 1.00. The van der Waals surface area contributed by atoms with E-state index in [0.29, 0.717) is 0 Å². The topological polar surface area (TPSA) is 9.23 Å². The first-order valence-electron chi connectivity index (χ1n) is 7.95. The van der Waals surface area contributed by atoms with Crippen LogP contribution in [0.15, 0.2) is 0 Å². The van der Waals surface area contributed by atoms with Crippen molar-refractivity contribution >= 4 is 8.32 Å². The van der Waals surface area contributed by atoms with E-state index in [9.17, 15) is 0 Å². The fourth-order valence-electron chi connectivity index (χ4n) is 3.09. The average Bonchev–Trinajstić information content (AvgIpc) is 2.13. The van der Waals surface area contributed by atoms with Gasteiger partial charge in [-0.2, -0.15) is 0 Å². The van der Waals surface area contributed by atoms with E-state index in [1.165, 1.54) is 31.0 Å². The summed E-state index contributed by atoms with van der Waals surface area (Å²) in [7, 11) is -1.52. The lowest BCUT2D eigenvalue weighted by Gasteiger charge is -2.36. The molecule has 0 saturated heterocycles. The maximum atomic E-state index is 6.54. The van der Waals surface area contributed by atoms with Gasteiger partial charge in [-0.1, -0.05) is 54.9 Å². The number of rotatable bonds is 10. The second-order valence-electron chi connectivity index (χ2n) is 7.18. The first kappa shape index (κ1) is 18.2. The van der Waals surface area contributed by atoms with Crippen LogP contribution in [-0.4, -0.2) is 14.9 Å². The molecule has 0 N–H and O–H groups in total. The van der Waals surface area contributed by atoms with Crippen molar-refractivity contribution in [1.82, 2.24) is 0 Å². The summed E-state index contributed by atoms with van der Waals surface area (Å²) >= 11 is 0. The van der Waals surface area contributed by atoms with Gasteiger partial charge in [-0.3, -0.25) is 0 Å². The van der Waals surface area contributed by atoms with E-state index in [-0.39, 0.29) is 0 Å². The standard InChI is InChI=1S/C16H36OSi/c1-8-9-10-17-18(11-14(2)3,12-15(4)5)13-16(6)7/h14-16H,8-13H2,1-7H3. The van der Waals surface area contributed by atoms with Gasteiger partial charge in [-0.25, -0.2) is 0 Å². The van der Waals surface area contributed by atoms with Crippen LogP contribution in [-0.2, 0) is 4.43 Å². The van der Waals surface area contributed by atoms with Crippen LogP contribution in [0.2, 0.25) is 18.1 Å². The van der Waals surface area contributed by atoms with E-state index in [1.807, 2.05) is 0 Å². The van der Waals surface area contributed by atoms with Crippen molar-refractivity contribution in [3.63, 3.8) is 0 Å². The van der Waals surface area contributed by atoms with E-state index in [4.69, 9.17) is 4.43 Å². The molecule has 0 radical (unpaired) electrons. The zero-order valence-electron chi connectivity index (χ0n) is 13.9. The summed E-state index contributed by atoms with van der Waals surface area (Å²) in [5.41, 5.74) is 0. The molecule has 0 fully saturated rings. The first-order chi connectivity index (χ1) is 8.31. The summed E-state index contributed by atoms with van der Waals surface area (Å²) < 4.78 is 6.54. The van der Waals surface area contributed by atoms with E-state index in [2.05, 4.69) is 48.5 Å². The molecule has 0 rings (SSSR count). The Morgan fingerprint density at radius 3 is 1.44 bits per heavy atom. The Hall–Kier alpha value is 0.177. The molecule has 0 aliphatic carbocycles. The smallest absolute Gasteiger partial charge is 0.193 e. The Morgan fingerprint density at radius 2 is 1.17 bits per heavy atom. The van der Waals surface area contributed by atoms with Crippen molar-refractivity contribution in [2.45, 2.75) is 79.4 Å². The van der Waals surface area contributed by atoms with Gasteiger partial charge in [0.15, 0.2) is 8.32 Å². The molecular weight excluding hydrogens is 236 g/mol. The van der Waals surface area contributed by atoms with E-state index in [1.54, 1.807) is 0 Å². The molecule has 0 amide bonds. The third-order valence-corrected chi connectivity index (χ3v) is 8.74. The highest BCUT2D eigenvalue weighted by Gasteiger charge is 2.36. The average molecular weight is 273 g/mol. The molecule has 0 atom stereocenters. The van der Waals surface area contributed by atoms with Crippen LogP contribution in [0.25, 0.3) is 0 Å². The molecule has 110 valence electrons. The molecule has 0 aliphatic rings. The normalized spacial score (nSPS) is 13.0. The van der Waals surface area contributed by atoms with Gasteiger partial charge in [0, 0.05) is 6.61 Å². The van der Waals surface area contributed by atoms with Crippen molar-refractivity contribution in [1.29, 1.82) is 0 Å². The summed E-state index contributed by atoms with van der Waals surface area (Å²) in [5.74, 6) is 2.32. The Balaban J connectivity index is 4.74. The quantitative estimate of drug-likeness (QED) is 0.365. The predicted octanol–water partition coefficient (Wildman–Crippen LogP) is 5.72. The molecule has 18 heavy (non-hydrogen) atoms. The lowest BCUT2D eigenvalue weighted by atomic mass is 10.2. The Morgan fingerprint density at radius 1 is 0.778 bits per heavy atom. The molecule has 0 unspecified atom stereocenters. The molecule has 0 aromatic rings. The zero-order chi connectivity index (χ0) is 14.2. The van der Waals surface area contributed by atoms with Crippen molar-refractivity contribution in [3.8, 4) is 0 Å². The maximum absolute atomic E-state index is 6.54. The molecule has 0 aromatic carbocycles. The number of hydrogen-bond donors (Lipinski definition) is 0. The summed E-state index contributed by atoms with van der Waals surface area (Å²) in [6.45, 7) is 17.4. The van der Waals surface area contributed by atoms with Gasteiger partial charge in [0.25, 0.3) is 0 Å². The minimum Gasteiger partial charge on any atom is -0.417 e. The monoisotopic (exact) mass is 272 g/mol. The van der Waals surface area contributed by atoms with Gasteiger partial charge < -0.3 is 4.43 Å². The van der Waals surface area contributed by atoms with Crippen molar-refractivity contribution < 1.29 is 4.43 Å². The first-order valence-corrected chi connectivity index (χ1v) is 10.5. The van der Waals surface area contributed by atoms with Gasteiger partial charge in [0.2, 0.25) is 0 Å². The van der Waals surface area contributed by atoms with Crippen LogP contribution in [0.4, 0.5) is 0 Å². The van der Waals surface area contributed by atoms with Crippen LogP contribution in [0, 0.1) is 17.8 Å². The molecule has 0 aromatic heterocycles. The SMILES string of the molecule is CCCCO[Si](CC(C)C)(CC(C)C)CC(C)C. The van der Waals surface area contributed by atoms with Crippen LogP contribution in [0.1, 0.15) is 61.3 Å². The molecule has 0 heterocycles. The fourth-order valence-corrected chi connectivity index (χ4v) is 8.99. The minimum atomic E-state index is -1.52. The van der Waals surface area contributed by atoms with Crippen LogP contribution in [0.3, 0.4) is 0 Å². The van der Waals surface area contributed by atoms with E-state index >= 15 is 0 Å². The third-order valence-electron chi connectivity index (χ3n) is 3.25.